The van der Waals surface area contributed by atoms with Crippen LogP contribution in [0.25, 0.3) is 0 Å². The van der Waals surface area contributed by atoms with Crippen LogP contribution in [0.15, 0.2) is 16.7 Å². The summed E-state index contributed by atoms with van der Waals surface area (Å²) >= 11 is 5.69. The summed E-state index contributed by atoms with van der Waals surface area (Å²) in [6.07, 6.45) is 1.67. The van der Waals surface area contributed by atoms with Crippen molar-refractivity contribution in [2.45, 2.75) is 12.5 Å². The van der Waals surface area contributed by atoms with Gasteiger partial charge in [-0.3, -0.25) is 0 Å². The van der Waals surface area contributed by atoms with Crippen LogP contribution in [0.5, 0.6) is 0 Å². The molecule has 0 spiro atoms. The van der Waals surface area contributed by atoms with Crippen molar-refractivity contribution in [3.05, 3.63) is 23.1 Å². The fraction of sp³-hybridized carbons (Fsp3) is 0.286. The smallest absolute Gasteiger partial charge is 0.140 e. The van der Waals surface area contributed by atoms with E-state index in [2.05, 4.69) is 0 Å². The summed E-state index contributed by atoms with van der Waals surface area (Å²) in [5.41, 5.74) is 5.55. The molecule has 0 amide bonds. The van der Waals surface area contributed by atoms with Gasteiger partial charge in [-0.05, 0) is 6.07 Å². The maximum Gasteiger partial charge on any atom is 0.140 e. The molecule has 1 heterocycles. The maximum absolute atomic E-state index is 8.31. The Morgan fingerprint density at radius 3 is 3.00 bits per heavy atom. The standard InChI is InChI=1S/C7H7ClN2O/c8-5-2-4-11-7(5)6(10)1-3-9/h2,4,6H,1,10H2. The van der Waals surface area contributed by atoms with Crippen LogP contribution in [0.4, 0.5) is 0 Å². The Hall–Kier alpha value is -0.980. The Kier molecular flexibility index (Phi) is 2.53. The Bertz CT molecular complexity index is 276. The summed E-state index contributed by atoms with van der Waals surface area (Å²) in [6, 6.07) is 3.13. The van der Waals surface area contributed by atoms with Gasteiger partial charge in [-0.15, -0.1) is 0 Å². The van der Waals surface area contributed by atoms with E-state index in [4.69, 9.17) is 27.0 Å². The first-order valence-corrected chi connectivity index (χ1v) is 3.49. The molecule has 0 radical (unpaired) electrons. The maximum atomic E-state index is 8.31. The van der Waals surface area contributed by atoms with Gasteiger partial charge < -0.3 is 10.2 Å². The van der Waals surface area contributed by atoms with Crippen molar-refractivity contribution in [3.63, 3.8) is 0 Å². The third-order valence-electron chi connectivity index (χ3n) is 1.29. The van der Waals surface area contributed by atoms with Crippen molar-refractivity contribution < 1.29 is 4.42 Å². The molecule has 0 aliphatic rings. The Morgan fingerprint density at radius 2 is 2.55 bits per heavy atom. The molecule has 2 N–H and O–H groups in total. The van der Waals surface area contributed by atoms with Crippen molar-refractivity contribution in [2.75, 3.05) is 0 Å². The van der Waals surface area contributed by atoms with Crippen LogP contribution in [-0.4, -0.2) is 0 Å². The fourth-order valence-corrected chi connectivity index (χ4v) is 0.997. The Labute approximate surface area is 69.4 Å². The van der Waals surface area contributed by atoms with Gasteiger partial charge >= 0.3 is 0 Å². The van der Waals surface area contributed by atoms with Crippen LogP contribution in [0.2, 0.25) is 5.02 Å². The van der Waals surface area contributed by atoms with E-state index in [1.54, 1.807) is 6.07 Å². The molecule has 0 saturated heterocycles. The average Bonchev–Trinajstić information content (AvgIpc) is 2.36. The molecule has 11 heavy (non-hydrogen) atoms. The molecule has 1 aromatic heterocycles. The van der Waals surface area contributed by atoms with Gasteiger partial charge in [0.15, 0.2) is 0 Å². The molecule has 0 aromatic carbocycles. The van der Waals surface area contributed by atoms with Gasteiger partial charge in [-0.1, -0.05) is 11.6 Å². The SMILES string of the molecule is N#CCC(N)c1occc1Cl. The van der Waals surface area contributed by atoms with E-state index in [-0.39, 0.29) is 6.42 Å². The Balaban J connectivity index is 2.77. The first-order valence-electron chi connectivity index (χ1n) is 3.11. The highest BCUT2D eigenvalue weighted by Gasteiger charge is 2.12. The second kappa shape index (κ2) is 3.42. The Morgan fingerprint density at radius 1 is 1.82 bits per heavy atom. The molecule has 0 saturated carbocycles. The van der Waals surface area contributed by atoms with E-state index in [1.165, 1.54) is 6.26 Å². The zero-order chi connectivity index (χ0) is 8.27. The number of furan rings is 1. The first-order chi connectivity index (χ1) is 5.25. The van der Waals surface area contributed by atoms with Crippen LogP contribution >= 0.6 is 11.6 Å². The third-order valence-corrected chi connectivity index (χ3v) is 1.60. The van der Waals surface area contributed by atoms with E-state index in [0.29, 0.717) is 10.8 Å². The molecular formula is C7H7ClN2O. The lowest BCUT2D eigenvalue weighted by Gasteiger charge is -2.02. The van der Waals surface area contributed by atoms with E-state index in [0.717, 1.165) is 0 Å². The molecule has 0 fully saturated rings. The summed E-state index contributed by atoms with van der Waals surface area (Å²) in [5.74, 6) is 0.480. The molecule has 0 aliphatic heterocycles. The summed E-state index contributed by atoms with van der Waals surface area (Å²) < 4.78 is 4.97. The minimum Gasteiger partial charge on any atom is -0.466 e. The van der Waals surface area contributed by atoms with Crippen LogP contribution in [-0.2, 0) is 0 Å². The molecule has 58 valence electrons. The molecule has 1 unspecified atom stereocenters. The topological polar surface area (TPSA) is 63.0 Å². The number of rotatable bonds is 2. The molecule has 0 bridgehead atoms. The van der Waals surface area contributed by atoms with Crippen LogP contribution in [0.1, 0.15) is 18.2 Å². The van der Waals surface area contributed by atoms with E-state index in [1.807, 2.05) is 6.07 Å². The quantitative estimate of drug-likeness (QED) is 0.737. The van der Waals surface area contributed by atoms with Crippen molar-refractivity contribution in [3.8, 4) is 6.07 Å². The van der Waals surface area contributed by atoms with Crippen LogP contribution in [0, 0.1) is 11.3 Å². The van der Waals surface area contributed by atoms with Crippen molar-refractivity contribution in [1.29, 1.82) is 5.26 Å². The van der Waals surface area contributed by atoms with Crippen molar-refractivity contribution >= 4 is 11.6 Å². The normalized spacial score (nSPS) is 12.5. The lowest BCUT2D eigenvalue weighted by atomic mass is 10.2. The van der Waals surface area contributed by atoms with E-state index >= 15 is 0 Å². The number of nitriles is 1. The van der Waals surface area contributed by atoms with Crippen molar-refractivity contribution in [2.24, 2.45) is 5.73 Å². The van der Waals surface area contributed by atoms with Gasteiger partial charge in [0, 0.05) is 0 Å². The number of nitrogens with zero attached hydrogens (tertiary/aromatic N) is 1. The fourth-order valence-electron chi connectivity index (χ4n) is 0.761. The molecular weight excluding hydrogens is 164 g/mol. The number of hydrogen-bond donors (Lipinski definition) is 1. The lowest BCUT2D eigenvalue weighted by Crippen LogP contribution is -2.08. The summed E-state index contributed by atoms with van der Waals surface area (Å²) in [6.45, 7) is 0. The highest BCUT2D eigenvalue weighted by Crippen LogP contribution is 2.23. The minimum absolute atomic E-state index is 0.216. The molecule has 1 atom stereocenters. The predicted octanol–water partition coefficient (Wildman–Crippen LogP) is 1.85. The molecule has 1 aromatic rings. The molecule has 0 aliphatic carbocycles. The zero-order valence-electron chi connectivity index (χ0n) is 5.75. The van der Waals surface area contributed by atoms with Crippen LogP contribution in [0.3, 0.4) is 0 Å². The number of halogens is 1. The predicted molar refractivity (Wildman–Crippen MR) is 40.9 cm³/mol. The molecule has 4 heteroatoms. The van der Waals surface area contributed by atoms with Gasteiger partial charge in [0.05, 0.1) is 29.8 Å². The first kappa shape index (κ1) is 8.12. The number of nitrogens with two attached hydrogens (primary N) is 1. The minimum atomic E-state index is -0.414. The molecule has 3 nitrogen and oxygen atoms in total. The van der Waals surface area contributed by atoms with Gasteiger partial charge in [-0.25, -0.2) is 0 Å². The van der Waals surface area contributed by atoms with Crippen LogP contribution < -0.4 is 5.73 Å². The monoisotopic (exact) mass is 170 g/mol. The summed E-state index contributed by atoms with van der Waals surface area (Å²) in [5, 5.41) is 8.79. The average molecular weight is 171 g/mol. The highest BCUT2D eigenvalue weighted by molar-refractivity contribution is 6.31. The second-order valence-electron chi connectivity index (χ2n) is 2.10. The zero-order valence-corrected chi connectivity index (χ0v) is 6.51. The van der Waals surface area contributed by atoms with Gasteiger partial charge in [-0.2, -0.15) is 5.26 Å². The van der Waals surface area contributed by atoms with E-state index in [9.17, 15) is 0 Å². The van der Waals surface area contributed by atoms with Gasteiger partial charge in [0.25, 0.3) is 0 Å². The summed E-state index contributed by atoms with van der Waals surface area (Å²) in [4.78, 5) is 0. The van der Waals surface area contributed by atoms with Gasteiger partial charge in [0.2, 0.25) is 0 Å². The number of hydrogen-bond acceptors (Lipinski definition) is 3. The largest absolute Gasteiger partial charge is 0.466 e. The lowest BCUT2D eigenvalue weighted by molar-refractivity contribution is 0.469. The van der Waals surface area contributed by atoms with E-state index < -0.39 is 6.04 Å². The van der Waals surface area contributed by atoms with Crippen molar-refractivity contribution in [1.82, 2.24) is 0 Å². The molecule has 1 rings (SSSR count). The van der Waals surface area contributed by atoms with Gasteiger partial charge in [0.1, 0.15) is 5.76 Å². The highest BCUT2D eigenvalue weighted by atomic mass is 35.5. The second-order valence-corrected chi connectivity index (χ2v) is 2.51. The third kappa shape index (κ3) is 1.73. The summed E-state index contributed by atoms with van der Waals surface area (Å²) in [7, 11) is 0.